The predicted molar refractivity (Wildman–Crippen MR) is 70.3 cm³/mol. The number of esters is 1. The fourth-order valence-corrected chi connectivity index (χ4v) is 2.41. The van der Waals surface area contributed by atoms with Crippen LogP contribution in [-0.2, 0) is 11.3 Å². The van der Waals surface area contributed by atoms with E-state index >= 15 is 0 Å². The van der Waals surface area contributed by atoms with Crippen molar-refractivity contribution in [2.75, 3.05) is 7.11 Å². The van der Waals surface area contributed by atoms with E-state index in [1.165, 1.54) is 29.3 Å². The smallest absolute Gasteiger partial charge is 0.360 e. The van der Waals surface area contributed by atoms with Gasteiger partial charge in [-0.3, -0.25) is 0 Å². The third kappa shape index (κ3) is 2.45. The Kier molecular flexibility index (Phi) is 3.30. The lowest BCUT2D eigenvalue weighted by Crippen LogP contribution is -2.02. The minimum absolute atomic E-state index is 0.175. The summed E-state index contributed by atoms with van der Waals surface area (Å²) in [6.45, 7) is 0.432. The fraction of sp³-hybridized carbons (Fsp3) is 0.167. The summed E-state index contributed by atoms with van der Waals surface area (Å²) in [5.41, 5.74) is 0.997. The van der Waals surface area contributed by atoms with Crippen LogP contribution >= 0.6 is 11.3 Å². The van der Waals surface area contributed by atoms with E-state index in [0.29, 0.717) is 6.54 Å². The zero-order chi connectivity index (χ0) is 13.9. The molecule has 8 heteroatoms. The van der Waals surface area contributed by atoms with Gasteiger partial charge in [0.05, 0.1) is 31.8 Å². The first-order valence-electron chi connectivity index (χ1n) is 5.73. The number of aromatic nitrogens is 4. The maximum atomic E-state index is 11.3. The molecule has 3 heterocycles. The highest BCUT2D eigenvalue weighted by molar-refractivity contribution is 7.13. The molecule has 0 aliphatic rings. The normalized spacial score (nSPS) is 10.7. The van der Waals surface area contributed by atoms with Crippen molar-refractivity contribution in [3.05, 3.63) is 41.4 Å². The van der Waals surface area contributed by atoms with Gasteiger partial charge >= 0.3 is 5.97 Å². The number of carbonyl (C=O) groups excluding carboxylic acids is 1. The molecule has 0 aliphatic heterocycles. The number of nitrogens with zero attached hydrogens (tertiary/aromatic N) is 4. The molecule has 0 spiro atoms. The van der Waals surface area contributed by atoms with Gasteiger partial charge in [-0.15, -0.1) is 16.4 Å². The van der Waals surface area contributed by atoms with Gasteiger partial charge < -0.3 is 9.15 Å². The Hall–Kier alpha value is -2.48. The second-order valence-corrected chi connectivity index (χ2v) is 4.77. The van der Waals surface area contributed by atoms with Crippen LogP contribution in [0.15, 0.2) is 34.4 Å². The molecule has 0 radical (unpaired) electrons. The number of furan rings is 1. The molecule has 0 aromatic carbocycles. The average Bonchev–Trinajstić information content (AvgIpc) is 3.19. The molecule has 0 unspecified atom stereocenters. The highest BCUT2D eigenvalue weighted by Gasteiger charge is 2.12. The van der Waals surface area contributed by atoms with Gasteiger partial charge in [-0.1, -0.05) is 5.21 Å². The molecule has 20 heavy (non-hydrogen) atoms. The fourth-order valence-electron chi connectivity index (χ4n) is 1.63. The summed E-state index contributed by atoms with van der Waals surface area (Å²) in [6, 6.07) is 3.67. The number of thiazole rings is 1. The molecular formula is C12H10N4O3S. The van der Waals surface area contributed by atoms with Gasteiger partial charge in [0.25, 0.3) is 0 Å². The third-order valence-corrected chi connectivity index (χ3v) is 3.45. The number of hydrogen-bond donors (Lipinski definition) is 0. The Labute approximate surface area is 117 Å². The first-order chi connectivity index (χ1) is 9.76. The molecule has 0 atom stereocenters. The van der Waals surface area contributed by atoms with Crippen LogP contribution in [0.3, 0.4) is 0 Å². The molecule has 3 aromatic heterocycles. The van der Waals surface area contributed by atoms with E-state index in [4.69, 9.17) is 4.42 Å². The lowest BCUT2D eigenvalue weighted by molar-refractivity contribution is 0.0594. The zero-order valence-corrected chi connectivity index (χ0v) is 11.3. The molecule has 0 bridgehead atoms. The standard InChI is InChI=1S/C12H10N4O3S/c1-18-12(17)9-6-16(15-14-9)5-8-7-20-11(13-8)10-3-2-4-19-10/h2-4,6-7H,5H2,1H3. The van der Waals surface area contributed by atoms with Crippen LogP contribution in [0.5, 0.6) is 0 Å². The predicted octanol–water partition coefficient (Wildman–Crippen LogP) is 1.83. The topological polar surface area (TPSA) is 83.0 Å². The second kappa shape index (κ2) is 5.25. The maximum Gasteiger partial charge on any atom is 0.360 e. The van der Waals surface area contributed by atoms with E-state index in [1.54, 1.807) is 6.26 Å². The molecule has 0 N–H and O–H groups in total. The summed E-state index contributed by atoms with van der Waals surface area (Å²) >= 11 is 1.49. The SMILES string of the molecule is COC(=O)c1cn(Cc2csc(-c3ccco3)n2)nn1. The zero-order valence-electron chi connectivity index (χ0n) is 10.5. The van der Waals surface area contributed by atoms with Crippen LogP contribution in [0, 0.1) is 0 Å². The van der Waals surface area contributed by atoms with Crippen LogP contribution in [0.4, 0.5) is 0 Å². The van der Waals surface area contributed by atoms with E-state index in [1.807, 2.05) is 17.5 Å². The van der Waals surface area contributed by atoms with Crippen molar-refractivity contribution in [2.24, 2.45) is 0 Å². The Balaban J connectivity index is 1.75. The molecular weight excluding hydrogens is 280 g/mol. The minimum Gasteiger partial charge on any atom is -0.464 e. The van der Waals surface area contributed by atoms with E-state index < -0.39 is 5.97 Å². The van der Waals surface area contributed by atoms with Gasteiger partial charge in [-0.25, -0.2) is 14.5 Å². The highest BCUT2D eigenvalue weighted by Crippen LogP contribution is 2.24. The summed E-state index contributed by atoms with van der Waals surface area (Å²) < 4.78 is 11.4. The Morgan fingerprint density at radius 1 is 1.55 bits per heavy atom. The summed E-state index contributed by atoms with van der Waals surface area (Å²) in [5, 5.41) is 10.3. The third-order valence-electron chi connectivity index (χ3n) is 2.54. The maximum absolute atomic E-state index is 11.3. The molecule has 0 amide bonds. The summed E-state index contributed by atoms with van der Waals surface area (Å²) in [5.74, 6) is 0.223. The minimum atomic E-state index is -0.509. The van der Waals surface area contributed by atoms with Gasteiger partial charge in [0, 0.05) is 5.38 Å². The largest absolute Gasteiger partial charge is 0.464 e. The van der Waals surface area contributed by atoms with Crippen LogP contribution in [0.1, 0.15) is 16.2 Å². The Morgan fingerprint density at radius 2 is 2.45 bits per heavy atom. The molecule has 0 aliphatic carbocycles. The Bertz CT molecular complexity index is 717. The van der Waals surface area contributed by atoms with Crippen LogP contribution < -0.4 is 0 Å². The quantitative estimate of drug-likeness (QED) is 0.682. The average molecular weight is 290 g/mol. The monoisotopic (exact) mass is 290 g/mol. The number of hydrogen-bond acceptors (Lipinski definition) is 7. The Morgan fingerprint density at radius 3 is 3.20 bits per heavy atom. The molecule has 102 valence electrons. The second-order valence-electron chi connectivity index (χ2n) is 3.91. The van der Waals surface area contributed by atoms with Crippen LogP contribution in [0.25, 0.3) is 10.8 Å². The summed E-state index contributed by atoms with van der Waals surface area (Å²) in [4.78, 5) is 15.7. The van der Waals surface area contributed by atoms with Crippen molar-refractivity contribution in [2.45, 2.75) is 6.54 Å². The van der Waals surface area contributed by atoms with Crippen LogP contribution in [0.2, 0.25) is 0 Å². The molecule has 7 nitrogen and oxygen atoms in total. The van der Waals surface area contributed by atoms with E-state index in [9.17, 15) is 4.79 Å². The number of methoxy groups -OCH3 is 1. The van der Waals surface area contributed by atoms with Crippen molar-refractivity contribution >= 4 is 17.3 Å². The first-order valence-corrected chi connectivity index (χ1v) is 6.61. The first kappa shape index (κ1) is 12.5. The lowest BCUT2D eigenvalue weighted by Gasteiger charge is -1.95. The van der Waals surface area contributed by atoms with Crippen molar-refractivity contribution < 1.29 is 13.9 Å². The molecule has 0 saturated heterocycles. The molecule has 3 rings (SSSR count). The summed E-state index contributed by atoms with van der Waals surface area (Å²) in [7, 11) is 1.30. The molecule has 0 fully saturated rings. The van der Waals surface area contributed by atoms with Gasteiger partial charge in [0.2, 0.25) is 0 Å². The van der Waals surface area contributed by atoms with Crippen molar-refractivity contribution in [3.63, 3.8) is 0 Å². The van der Waals surface area contributed by atoms with E-state index in [-0.39, 0.29) is 5.69 Å². The van der Waals surface area contributed by atoms with E-state index in [0.717, 1.165) is 16.5 Å². The number of rotatable bonds is 4. The van der Waals surface area contributed by atoms with Crippen molar-refractivity contribution in [1.29, 1.82) is 0 Å². The molecule has 3 aromatic rings. The van der Waals surface area contributed by atoms with Gasteiger partial charge in [-0.2, -0.15) is 0 Å². The molecule has 0 saturated carbocycles. The lowest BCUT2D eigenvalue weighted by atomic mass is 10.4. The van der Waals surface area contributed by atoms with Gasteiger partial charge in [0.1, 0.15) is 0 Å². The van der Waals surface area contributed by atoms with Crippen molar-refractivity contribution in [1.82, 2.24) is 20.0 Å². The van der Waals surface area contributed by atoms with Crippen LogP contribution in [-0.4, -0.2) is 33.1 Å². The number of ether oxygens (including phenoxy) is 1. The van der Waals surface area contributed by atoms with Crippen molar-refractivity contribution in [3.8, 4) is 10.8 Å². The van der Waals surface area contributed by atoms with Gasteiger partial charge in [-0.05, 0) is 12.1 Å². The van der Waals surface area contributed by atoms with Gasteiger partial charge in [0.15, 0.2) is 16.5 Å². The number of carbonyl (C=O) groups is 1. The van der Waals surface area contributed by atoms with E-state index in [2.05, 4.69) is 20.0 Å². The highest BCUT2D eigenvalue weighted by atomic mass is 32.1. The summed E-state index contributed by atoms with van der Waals surface area (Å²) in [6.07, 6.45) is 3.13.